The van der Waals surface area contributed by atoms with Crippen LogP contribution in [0.2, 0.25) is 5.02 Å². The van der Waals surface area contributed by atoms with Crippen molar-refractivity contribution in [2.45, 2.75) is 52.9 Å². The first-order valence-corrected chi connectivity index (χ1v) is 7.86. The zero-order valence-electron chi connectivity index (χ0n) is 13.0. The van der Waals surface area contributed by atoms with Crippen LogP contribution in [0.1, 0.15) is 52.0 Å². The highest BCUT2D eigenvalue weighted by Crippen LogP contribution is 2.21. The summed E-state index contributed by atoms with van der Waals surface area (Å²) in [7, 11) is 0. The van der Waals surface area contributed by atoms with Gasteiger partial charge in [0, 0.05) is 23.0 Å². The lowest BCUT2D eigenvalue weighted by Gasteiger charge is -2.10. The van der Waals surface area contributed by atoms with Crippen molar-refractivity contribution in [1.82, 2.24) is 0 Å². The smallest absolute Gasteiger partial charge is 0.226 e. The molecule has 3 nitrogen and oxygen atoms in total. The van der Waals surface area contributed by atoms with Crippen LogP contribution in [0.4, 0.5) is 5.69 Å². The van der Waals surface area contributed by atoms with Gasteiger partial charge in [-0.1, -0.05) is 31.9 Å². The van der Waals surface area contributed by atoms with E-state index in [4.69, 9.17) is 11.6 Å². The second-order valence-corrected chi connectivity index (χ2v) is 6.19. The molecule has 0 bridgehead atoms. The lowest BCUT2D eigenvalue weighted by atomic mass is 10.0. The molecule has 0 spiro atoms. The predicted octanol–water partition coefficient (Wildman–Crippen LogP) is 4.63. The molecule has 0 aromatic heterocycles. The van der Waals surface area contributed by atoms with Crippen molar-refractivity contribution in [3.63, 3.8) is 0 Å². The topological polar surface area (TPSA) is 46.2 Å². The van der Waals surface area contributed by atoms with Crippen LogP contribution < -0.4 is 5.32 Å². The molecule has 4 heteroatoms. The second kappa shape index (κ2) is 8.83. The lowest BCUT2D eigenvalue weighted by Crippen LogP contribution is -2.17. The summed E-state index contributed by atoms with van der Waals surface area (Å²) in [6.07, 6.45) is 4.55. The number of Topliss-reactive ketones (excluding diaryl/α,β-unsaturated/α-hetero) is 1. The van der Waals surface area contributed by atoms with Gasteiger partial charge in [-0.3, -0.25) is 4.79 Å². The van der Waals surface area contributed by atoms with E-state index in [-0.39, 0.29) is 17.6 Å². The number of aryl methyl sites for hydroxylation is 1. The molecule has 0 fully saturated rings. The minimum atomic E-state index is -0.0565. The first-order chi connectivity index (χ1) is 9.88. The standard InChI is InChI=1S/C17H24ClNO2/c1-12(2)17(21)19-16-10-14(9-15(18)11-16)8-6-4-5-7-13(3)20/h9-12H,4-8H2,1-3H3,(H,19,21). The van der Waals surface area contributed by atoms with E-state index in [0.29, 0.717) is 11.4 Å². The van der Waals surface area contributed by atoms with Gasteiger partial charge in [-0.15, -0.1) is 0 Å². The van der Waals surface area contributed by atoms with Gasteiger partial charge in [-0.2, -0.15) is 0 Å². The van der Waals surface area contributed by atoms with Gasteiger partial charge in [0.25, 0.3) is 0 Å². The molecule has 0 aliphatic heterocycles. The van der Waals surface area contributed by atoms with Crippen molar-refractivity contribution >= 4 is 29.0 Å². The molecule has 1 amide bonds. The van der Waals surface area contributed by atoms with Crippen LogP contribution in [0.3, 0.4) is 0 Å². The molecule has 1 aromatic rings. The molecule has 0 radical (unpaired) electrons. The number of ketones is 1. The number of carbonyl (C=O) groups is 2. The fourth-order valence-corrected chi connectivity index (χ4v) is 2.29. The summed E-state index contributed by atoms with van der Waals surface area (Å²) in [4.78, 5) is 22.6. The van der Waals surface area contributed by atoms with Gasteiger partial charge in [0.2, 0.25) is 5.91 Å². The molecule has 0 unspecified atom stereocenters. The zero-order valence-corrected chi connectivity index (χ0v) is 13.8. The molecule has 0 heterocycles. The van der Waals surface area contributed by atoms with Gasteiger partial charge in [0.05, 0.1) is 0 Å². The summed E-state index contributed by atoms with van der Waals surface area (Å²) in [5.41, 5.74) is 1.87. The Bertz CT molecular complexity index is 498. The second-order valence-electron chi connectivity index (χ2n) is 5.75. The first kappa shape index (κ1) is 17.7. The monoisotopic (exact) mass is 309 g/mol. The van der Waals surface area contributed by atoms with Gasteiger partial charge in [0.1, 0.15) is 5.78 Å². The molecule has 0 atom stereocenters. The molecule has 21 heavy (non-hydrogen) atoms. The van der Waals surface area contributed by atoms with Crippen molar-refractivity contribution in [2.24, 2.45) is 5.92 Å². The molecular weight excluding hydrogens is 286 g/mol. The third-order valence-corrected chi connectivity index (χ3v) is 3.46. The average Bonchev–Trinajstić information content (AvgIpc) is 2.37. The SMILES string of the molecule is CC(=O)CCCCCc1cc(Cl)cc(NC(=O)C(C)C)c1. The van der Waals surface area contributed by atoms with Crippen molar-refractivity contribution in [2.75, 3.05) is 5.32 Å². The van der Waals surface area contributed by atoms with E-state index in [1.54, 1.807) is 13.0 Å². The van der Waals surface area contributed by atoms with E-state index >= 15 is 0 Å². The fourth-order valence-electron chi connectivity index (χ4n) is 2.03. The predicted molar refractivity (Wildman–Crippen MR) is 87.8 cm³/mol. The quantitative estimate of drug-likeness (QED) is 0.712. The van der Waals surface area contributed by atoms with E-state index < -0.39 is 0 Å². The lowest BCUT2D eigenvalue weighted by molar-refractivity contribution is -0.119. The van der Waals surface area contributed by atoms with Gasteiger partial charge in [-0.05, 0) is 49.9 Å². The Morgan fingerprint density at radius 2 is 1.86 bits per heavy atom. The van der Waals surface area contributed by atoms with Crippen LogP contribution in [0.15, 0.2) is 18.2 Å². The Morgan fingerprint density at radius 1 is 1.14 bits per heavy atom. The number of hydrogen-bond acceptors (Lipinski definition) is 2. The number of hydrogen-bond donors (Lipinski definition) is 1. The van der Waals surface area contributed by atoms with Crippen LogP contribution >= 0.6 is 11.6 Å². The Balaban J connectivity index is 2.53. The summed E-state index contributed by atoms with van der Waals surface area (Å²) < 4.78 is 0. The highest BCUT2D eigenvalue weighted by atomic mass is 35.5. The van der Waals surface area contributed by atoms with Crippen LogP contribution in [0.25, 0.3) is 0 Å². The Hall–Kier alpha value is -1.35. The van der Waals surface area contributed by atoms with E-state index in [1.807, 2.05) is 26.0 Å². The van der Waals surface area contributed by atoms with E-state index in [1.165, 1.54) is 0 Å². The van der Waals surface area contributed by atoms with Crippen molar-refractivity contribution in [1.29, 1.82) is 0 Å². The number of anilines is 1. The van der Waals surface area contributed by atoms with Crippen LogP contribution in [-0.2, 0) is 16.0 Å². The molecule has 1 aromatic carbocycles. The number of nitrogens with one attached hydrogen (secondary N) is 1. The number of amides is 1. The summed E-state index contributed by atoms with van der Waals surface area (Å²) in [6, 6.07) is 5.66. The molecule has 0 saturated heterocycles. The molecule has 0 aliphatic carbocycles. The van der Waals surface area contributed by atoms with Crippen molar-refractivity contribution in [3.8, 4) is 0 Å². The normalized spacial score (nSPS) is 10.7. The molecule has 1 rings (SSSR count). The number of rotatable bonds is 8. The van der Waals surface area contributed by atoms with Crippen molar-refractivity contribution < 1.29 is 9.59 Å². The first-order valence-electron chi connectivity index (χ1n) is 7.48. The minimum Gasteiger partial charge on any atom is -0.326 e. The number of benzene rings is 1. The van der Waals surface area contributed by atoms with Gasteiger partial charge in [-0.25, -0.2) is 0 Å². The zero-order chi connectivity index (χ0) is 15.8. The molecule has 116 valence electrons. The minimum absolute atomic E-state index is 0.00956. The highest BCUT2D eigenvalue weighted by Gasteiger charge is 2.08. The molecule has 1 N–H and O–H groups in total. The third-order valence-electron chi connectivity index (χ3n) is 3.24. The third kappa shape index (κ3) is 7.28. The summed E-state index contributed by atoms with van der Waals surface area (Å²) in [6.45, 7) is 5.34. The van der Waals surface area contributed by atoms with Crippen molar-refractivity contribution in [3.05, 3.63) is 28.8 Å². The van der Waals surface area contributed by atoms with Gasteiger partial charge >= 0.3 is 0 Å². The Morgan fingerprint density at radius 3 is 2.48 bits per heavy atom. The Labute approximate surface area is 132 Å². The number of halogens is 1. The molecule has 0 aliphatic rings. The van der Waals surface area contributed by atoms with E-state index in [2.05, 4.69) is 5.32 Å². The summed E-state index contributed by atoms with van der Waals surface area (Å²) in [5, 5.41) is 3.51. The van der Waals surface area contributed by atoms with Gasteiger partial charge < -0.3 is 10.1 Å². The van der Waals surface area contributed by atoms with Crippen LogP contribution in [-0.4, -0.2) is 11.7 Å². The van der Waals surface area contributed by atoms with E-state index in [0.717, 1.165) is 36.9 Å². The molecule has 0 saturated carbocycles. The van der Waals surface area contributed by atoms with Crippen LogP contribution in [0, 0.1) is 5.92 Å². The van der Waals surface area contributed by atoms with Crippen LogP contribution in [0.5, 0.6) is 0 Å². The number of carbonyl (C=O) groups excluding carboxylic acids is 2. The number of unbranched alkanes of at least 4 members (excludes halogenated alkanes) is 2. The summed E-state index contributed by atoms with van der Waals surface area (Å²) >= 11 is 6.10. The highest BCUT2D eigenvalue weighted by molar-refractivity contribution is 6.31. The van der Waals surface area contributed by atoms with E-state index in [9.17, 15) is 9.59 Å². The Kier molecular flexibility index (Phi) is 7.44. The maximum absolute atomic E-state index is 11.7. The molecular formula is C17H24ClNO2. The average molecular weight is 310 g/mol. The largest absolute Gasteiger partial charge is 0.326 e. The summed E-state index contributed by atoms with van der Waals surface area (Å²) in [5.74, 6) is 0.181. The maximum atomic E-state index is 11.7. The fraction of sp³-hybridized carbons (Fsp3) is 0.529. The maximum Gasteiger partial charge on any atom is 0.226 e. The van der Waals surface area contributed by atoms with Gasteiger partial charge in [0.15, 0.2) is 0 Å².